The molecule has 0 saturated heterocycles. The van der Waals surface area contributed by atoms with Crippen molar-refractivity contribution >= 4 is 48.6 Å². The maximum atomic E-state index is 10.2. The van der Waals surface area contributed by atoms with Gasteiger partial charge in [0.1, 0.15) is 0 Å². The van der Waals surface area contributed by atoms with Gasteiger partial charge in [-0.05, 0) is 69.7 Å². The van der Waals surface area contributed by atoms with Crippen molar-refractivity contribution in [2.24, 2.45) is 0 Å². The quantitative estimate of drug-likeness (QED) is 0.181. The van der Waals surface area contributed by atoms with Crippen LogP contribution in [0.3, 0.4) is 0 Å². The Balaban J connectivity index is 1.57. The molecule has 0 fully saturated rings. The fraction of sp³-hybridized carbons (Fsp3) is 0.0667. The zero-order valence-corrected chi connectivity index (χ0v) is 25.7. The van der Waals surface area contributed by atoms with E-state index in [9.17, 15) is 9.60 Å². The summed E-state index contributed by atoms with van der Waals surface area (Å²) >= 11 is 1.39. The van der Waals surface area contributed by atoms with Crippen LogP contribution in [0.1, 0.15) is 52.4 Å². The molecule has 0 N–H and O–H groups in total. The van der Waals surface area contributed by atoms with Crippen LogP contribution in [0.2, 0.25) is 0 Å². The van der Waals surface area contributed by atoms with Crippen molar-refractivity contribution in [3.63, 3.8) is 0 Å². The molecule has 1 aliphatic carbocycles. The first-order valence-electron chi connectivity index (χ1n) is 24.7. The number of hydrogen-bond donors (Lipinski definition) is 0. The fourth-order valence-electron chi connectivity index (χ4n) is 6.27. The Labute approximate surface area is 308 Å². The van der Waals surface area contributed by atoms with Crippen LogP contribution in [0.4, 0.5) is 17.1 Å². The molecule has 8 aromatic rings. The Morgan fingerprint density at radius 2 is 1.17 bits per heavy atom. The highest BCUT2D eigenvalue weighted by Crippen LogP contribution is 2.52. The van der Waals surface area contributed by atoms with Crippen LogP contribution in [-0.4, -0.2) is 0 Å². The molecule has 47 heavy (non-hydrogen) atoms. The molecule has 224 valence electrons. The Kier molecular flexibility index (Phi) is 3.26. The predicted molar refractivity (Wildman–Crippen MR) is 202 cm³/mol. The molecule has 7 aromatic carbocycles. The van der Waals surface area contributed by atoms with Crippen LogP contribution >= 0.6 is 11.3 Å². The molecule has 2 heteroatoms. The lowest BCUT2D eigenvalue weighted by atomic mass is 9.82. The van der Waals surface area contributed by atoms with Gasteiger partial charge in [-0.15, -0.1) is 11.3 Å². The average Bonchev–Trinajstić information content (AvgIpc) is 3.81. The Morgan fingerprint density at radius 1 is 0.532 bits per heavy atom. The highest BCUT2D eigenvalue weighted by atomic mass is 32.1. The van der Waals surface area contributed by atoms with Gasteiger partial charge in [-0.3, -0.25) is 0 Å². The number of benzene rings is 7. The average molecular weight is 640 g/mol. The second-order valence-electron chi connectivity index (χ2n) is 11.4. The van der Waals surface area contributed by atoms with Crippen molar-refractivity contribution in [3.8, 4) is 33.4 Å². The first-order valence-corrected chi connectivity index (χ1v) is 15.5. The van der Waals surface area contributed by atoms with Gasteiger partial charge in [0.15, 0.2) is 0 Å². The Bertz CT molecular complexity index is 3550. The minimum absolute atomic E-state index is 0.00150. The molecule has 0 bridgehead atoms. The summed E-state index contributed by atoms with van der Waals surface area (Å²) in [6.45, 7) is 3.09. The van der Waals surface area contributed by atoms with Gasteiger partial charge in [-0.1, -0.05) is 141 Å². The first kappa shape index (κ1) is 14.1. The van der Waals surface area contributed by atoms with E-state index in [1.165, 1.54) is 11.3 Å². The summed E-state index contributed by atoms with van der Waals surface area (Å²) < 4.78 is 184. The molecule has 0 spiro atoms. The first-order chi connectivity index (χ1) is 31.4. The molecule has 0 atom stereocenters. The van der Waals surface area contributed by atoms with Gasteiger partial charge in [0.2, 0.25) is 0 Å². The monoisotopic (exact) mass is 639 g/mol. The van der Waals surface area contributed by atoms with Crippen molar-refractivity contribution in [2.75, 3.05) is 4.90 Å². The number of rotatable bonds is 5. The molecule has 1 nitrogen and oxygen atoms in total. The summed E-state index contributed by atoms with van der Waals surface area (Å²) in [7, 11) is 0. The lowest BCUT2D eigenvalue weighted by Gasteiger charge is -2.31. The molecular weight excluding hydrogens is 587 g/mol. The van der Waals surface area contributed by atoms with E-state index >= 15 is 0 Å². The van der Waals surface area contributed by atoms with Gasteiger partial charge in [-0.25, -0.2) is 0 Å². The summed E-state index contributed by atoms with van der Waals surface area (Å²) in [5.74, 6) is 0. The normalized spacial score (nSPS) is 19.0. The molecule has 1 aliphatic rings. The minimum atomic E-state index is -1.55. The third-order valence-corrected chi connectivity index (χ3v) is 9.55. The molecule has 1 aromatic heterocycles. The third-order valence-electron chi connectivity index (χ3n) is 8.41. The molecule has 0 amide bonds. The van der Waals surface area contributed by atoms with Gasteiger partial charge in [0.25, 0.3) is 0 Å². The zero-order valence-electron chi connectivity index (χ0n) is 44.9. The van der Waals surface area contributed by atoms with Crippen LogP contribution in [0.5, 0.6) is 0 Å². The maximum absolute atomic E-state index is 10.2. The summed E-state index contributed by atoms with van der Waals surface area (Å²) in [5.41, 5.74) is -5.69. The van der Waals surface area contributed by atoms with Crippen molar-refractivity contribution < 1.29 is 27.4 Å². The van der Waals surface area contributed by atoms with Crippen molar-refractivity contribution in [3.05, 3.63) is 174 Å². The van der Waals surface area contributed by atoms with E-state index in [1.807, 2.05) is 18.2 Å². The minimum Gasteiger partial charge on any atom is -0.309 e. The van der Waals surface area contributed by atoms with Crippen LogP contribution < -0.4 is 4.90 Å². The number of hydrogen-bond acceptors (Lipinski definition) is 2. The van der Waals surface area contributed by atoms with Crippen LogP contribution in [0.25, 0.3) is 53.6 Å². The van der Waals surface area contributed by atoms with Gasteiger partial charge >= 0.3 is 0 Å². The van der Waals surface area contributed by atoms with E-state index in [4.69, 9.17) is 17.8 Å². The van der Waals surface area contributed by atoms with Gasteiger partial charge in [0, 0.05) is 42.4 Å². The van der Waals surface area contributed by atoms with E-state index in [2.05, 4.69) is 0 Å². The third kappa shape index (κ3) is 4.36. The largest absolute Gasteiger partial charge is 0.309 e. The SMILES string of the molecule is [2H]c1c([2H])c([2H])c(-c2c([2H])c([2H])c([2H])c([2H])c2N(c2c([2H])c([2H])c3c(c2[2H])C(C)(C)c2c([2H])c([2H])c([2H])c([2H])c2-3)c2c([2H])c([2H])c([2H])c([2H])c2-c2cccc3sc4ccccc4c23)c([2H])c1[2H]. The second kappa shape index (κ2) is 10.8. The maximum Gasteiger partial charge on any atom is 0.0648 e. The molecule has 0 aliphatic heterocycles. The van der Waals surface area contributed by atoms with Crippen molar-refractivity contribution in [2.45, 2.75) is 19.3 Å². The van der Waals surface area contributed by atoms with E-state index in [0.29, 0.717) is 15.5 Å². The zero-order chi connectivity index (χ0) is 48.9. The van der Waals surface area contributed by atoms with Gasteiger partial charge < -0.3 is 4.90 Å². The highest BCUT2D eigenvalue weighted by Gasteiger charge is 2.36. The van der Waals surface area contributed by atoms with E-state index in [0.717, 1.165) is 9.60 Å². The molecule has 0 radical (unpaired) electrons. The van der Waals surface area contributed by atoms with E-state index < -0.39 is 154 Å². The van der Waals surface area contributed by atoms with Crippen LogP contribution in [0.15, 0.2) is 163 Å². The van der Waals surface area contributed by atoms with Crippen molar-refractivity contribution in [1.29, 1.82) is 0 Å². The molecular formula is C45H33NS. The lowest BCUT2D eigenvalue weighted by molar-refractivity contribution is 0.660. The van der Waals surface area contributed by atoms with Crippen LogP contribution in [0, 0.1) is 0 Å². The summed E-state index contributed by atoms with van der Waals surface area (Å²) in [4.78, 5) is 0.825. The van der Waals surface area contributed by atoms with E-state index in [1.54, 1.807) is 38.1 Å². The van der Waals surface area contributed by atoms with E-state index in [-0.39, 0.29) is 33.4 Å². The fourth-order valence-corrected chi connectivity index (χ4v) is 7.41. The van der Waals surface area contributed by atoms with Crippen molar-refractivity contribution in [1.82, 2.24) is 0 Å². The number of fused-ring (bicyclic) bond motifs is 6. The highest BCUT2D eigenvalue weighted by molar-refractivity contribution is 7.25. The lowest BCUT2D eigenvalue weighted by Crippen LogP contribution is -2.17. The topological polar surface area (TPSA) is 3.24 Å². The second-order valence-corrected chi connectivity index (χ2v) is 12.5. The standard InChI is InChI=1S/C45H33NS/c1-45(2)38-22-10-6-18-33(38)34-28-27-31(29-39(34)45)46(40-23-11-7-17-32(40)30-15-4-3-5-16-30)41-24-12-8-19-35(41)36-21-14-26-43-44(36)37-20-9-13-25-42(37)47-43/h3-29H,1-2H3/i3D,4D,5D,6D,7D,8D,10D,11D,12D,15D,16D,17D,18D,19D,22D,23D,24D,27D,28D,29D. The Hall–Kier alpha value is -5.44. The number of anilines is 3. The Morgan fingerprint density at radius 3 is 2.00 bits per heavy atom. The molecule has 1 heterocycles. The number of para-hydroxylation sites is 2. The number of nitrogens with zero attached hydrogens (tertiary/aromatic N) is 1. The summed E-state index contributed by atoms with van der Waals surface area (Å²) in [6.07, 6.45) is 0. The van der Waals surface area contributed by atoms with Crippen LogP contribution in [-0.2, 0) is 5.41 Å². The summed E-state index contributed by atoms with van der Waals surface area (Å²) in [6, 6.07) is -3.51. The predicted octanol–water partition coefficient (Wildman–Crippen LogP) is 13.2. The molecule has 9 rings (SSSR count). The van der Waals surface area contributed by atoms with Gasteiger partial charge in [-0.2, -0.15) is 0 Å². The van der Waals surface area contributed by atoms with Gasteiger partial charge in [0.05, 0.1) is 38.8 Å². The summed E-state index contributed by atoms with van der Waals surface area (Å²) in [5, 5.41) is 1.19. The molecule has 0 unspecified atom stereocenters. The molecule has 0 saturated carbocycles. The smallest absolute Gasteiger partial charge is 0.0648 e. The number of thiophene rings is 1.